The third kappa shape index (κ3) is 4.01. The summed E-state index contributed by atoms with van der Waals surface area (Å²) in [7, 11) is 0. The molecule has 21 heavy (non-hydrogen) atoms. The van der Waals surface area contributed by atoms with Crippen LogP contribution in [0.15, 0.2) is 42.5 Å². The number of anilines is 1. The van der Waals surface area contributed by atoms with Crippen molar-refractivity contribution in [1.29, 1.82) is 0 Å². The number of ether oxygens (including phenoxy) is 1. The molecule has 0 saturated carbocycles. The highest BCUT2D eigenvalue weighted by Gasteiger charge is 2.08. The van der Waals surface area contributed by atoms with E-state index in [1.807, 2.05) is 26.0 Å². The molecule has 0 aliphatic heterocycles. The minimum atomic E-state index is 0.210. The summed E-state index contributed by atoms with van der Waals surface area (Å²) in [4.78, 5) is 0. The first-order chi connectivity index (χ1) is 9.97. The average molecular weight is 283 g/mol. The summed E-state index contributed by atoms with van der Waals surface area (Å²) in [6, 6.07) is 15.0. The molecule has 0 aliphatic carbocycles. The van der Waals surface area contributed by atoms with Crippen molar-refractivity contribution in [1.82, 2.24) is 0 Å². The van der Waals surface area contributed by atoms with Gasteiger partial charge in [-0.25, -0.2) is 0 Å². The quantitative estimate of drug-likeness (QED) is 0.807. The van der Waals surface area contributed by atoms with Crippen molar-refractivity contribution in [2.45, 2.75) is 46.8 Å². The van der Waals surface area contributed by atoms with Crippen molar-refractivity contribution < 1.29 is 4.74 Å². The van der Waals surface area contributed by atoms with E-state index in [-0.39, 0.29) is 12.1 Å². The Labute approximate surface area is 128 Å². The van der Waals surface area contributed by atoms with Crippen LogP contribution in [-0.2, 0) is 0 Å². The van der Waals surface area contributed by atoms with Gasteiger partial charge in [0.05, 0.1) is 6.10 Å². The van der Waals surface area contributed by atoms with Crippen molar-refractivity contribution >= 4 is 5.69 Å². The molecule has 0 heterocycles. The van der Waals surface area contributed by atoms with Gasteiger partial charge in [0, 0.05) is 11.7 Å². The van der Waals surface area contributed by atoms with E-state index < -0.39 is 0 Å². The molecule has 0 aliphatic rings. The molecule has 0 spiro atoms. The Morgan fingerprint density at radius 1 is 0.905 bits per heavy atom. The monoisotopic (exact) mass is 283 g/mol. The van der Waals surface area contributed by atoms with Crippen LogP contribution in [0.1, 0.15) is 43.5 Å². The molecule has 0 aromatic heterocycles. The summed E-state index contributed by atoms with van der Waals surface area (Å²) in [5.41, 5.74) is 5.08. The standard InChI is InChI=1S/C19H25NO/c1-13(2)21-18-11-9-17(10-12-18)16(5)20-19-8-6-7-14(3)15(19)4/h6-13,16,20H,1-5H3. The maximum Gasteiger partial charge on any atom is 0.119 e. The highest BCUT2D eigenvalue weighted by molar-refractivity contribution is 5.55. The van der Waals surface area contributed by atoms with Crippen LogP contribution in [0.4, 0.5) is 5.69 Å². The highest BCUT2D eigenvalue weighted by atomic mass is 16.5. The number of rotatable bonds is 5. The first-order valence-electron chi connectivity index (χ1n) is 7.56. The van der Waals surface area contributed by atoms with Crippen LogP contribution in [-0.4, -0.2) is 6.10 Å². The molecule has 0 bridgehead atoms. The zero-order valence-electron chi connectivity index (χ0n) is 13.6. The van der Waals surface area contributed by atoms with Crippen LogP contribution >= 0.6 is 0 Å². The summed E-state index contributed by atoms with van der Waals surface area (Å²) in [5.74, 6) is 0.924. The van der Waals surface area contributed by atoms with Crippen LogP contribution in [0.5, 0.6) is 5.75 Å². The van der Waals surface area contributed by atoms with Crippen molar-refractivity contribution in [2.24, 2.45) is 0 Å². The molecule has 0 amide bonds. The van der Waals surface area contributed by atoms with E-state index in [1.54, 1.807) is 0 Å². The van der Waals surface area contributed by atoms with Gasteiger partial charge in [-0.05, 0) is 69.5 Å². The molecule has 2 heteroatoms. The Hall–Kier alpha value is -1.96. The highest BCUT2D eigenvalue weighted by Crippen LogP contribution is 2.25. The van der Waals surface area contributed by atoms with E-state index in [0.717, 1.165) is 5.75 Å². The summed E-state index contributed by atoms with van der Waals surface area (Å²) in [6.07, 6.45) is 0.210. The van der Waals surface area contributed by atoms with E-state index in [9.17, 15) is 0 Å². The second-order valence-electron chi connectivity index (χ2n) is 5.85. The summed E-state index contributed by atoms with van der Waals surface area (Å²) in [6.45, 7) is 10.6. The molecular weight excluding hydrogens is 258 g/mol. The van der Waals surface area contributed by atoms with Crippen LogP contribution in [0.3, 0.4) is 0 Å². The average Bonchev–Trinajstić information content (AvgIpc) is 2.44. The van der Waals surface area contributed by atoms with Crippen molar-refractivity contribution in [3.05, 3.63) is 59.2 Å². The molecule has 2 aromatic rings. The van der Waals surface area contributed by atoms with Gasteiger partial charge in [0.1, 0.15) is 5.75 Å². The van der Waals surface area contributed by atoms with E-state index in [0.29, 0.717) is 0 Å². The fourth-order valence-electron chi connectivity index (χ4n) is 2.33. The van der Waals surface area contributed by atoms with Gasteiger partial charge in [-0.3, -0.25) is 0 Å². The number of aryl methyl sites for hydroxylation is 1. The normalized spacial score (nSPS) is 12.3. The van der Waals surface area contributed by atoms with Crippen molar-refractivity contribution in [3.8, 4) is 5.75 Å². The molecular formula is C19H25NO. The molecule has 2 aromatic carbocycles. The third-order valence-corrected chi connectivity index (χ3v) is 3.73. The lowest BCUT2D eigenvalue weighted by Gasteiger charge is -2.19. The van der Waals surface area contributed by atoms with Gasteiger partial charge in [-0.1, -0.05) is 24.3 Å². The fourth-order valence-corrected chi connectivity index (χ4v) is 2.33. The van der Waals surface area contributed by atoms with E-state index in [4.69, 9.17) is 4.74 Å². The van der Waals surface area contributed by atoms with E-state index in [1.165, 1.54) is 22.4 Å². The summed E-state index contributed by atoms with van der Waals surface area (Å²) >= 11 is 0. The minimum absolute atomic E-state index is 0.210. The number of hydrogen-bond acceptors (Lipinski definition) is 2. The minimum Gasteiger partial charge on any atom is -0.491 e. The summed E-state index contributed by atoms with van der Waals surface area (Å²) in [5, 5.41) is 3.59. The van der Waals surface area contributed by atoms with Gasteiger partial charge in [-0.2, -0.15) is 0 Å². The van der Waals surface area contributed by atoms with Gasteiger partial charge in [0.25, 0.3) is 0 Å². The number of hydrogen-bond donors (Lipinski definition) is 1. The van der Waals surface area contributed by atoms with Gasteiger partial charge in [-0.15, -0.1) is 0 Å². The predicted octanol–water partition coefficient (Wildman–Crippen LogP) is 5.26. The Morgan fingerprint density at radius 3 is 2.19 bits per heavy atom. The van der Waals surface area contributed by atoms with Crippen LogP contribution in [0.25, 0.3) is 0 Å². The molecule has 1 atom stereocenters. The molecule has 2 rings (SSSR count). The predicted molar refractivity (Wildman–Crippen MR) is 90.2 cm³/mol. The largest absolute Gasteiger partial charge is 0.491 e. The van der Waals surface area contributed by atoms with Crippen molar-refractivity contribution in [2.75, 3.05) is 5.32 Å². The van der Waals surface area contributed by atoms with E-state index >= 15 is 0 Å². The third-order valence-electron chi connectivity index (χ3n) is 3.73. The Bertz CT molecular complexity index is 587. The second kappa shape index (κ2) is 6.66. The molecule has 0 saturated heterocycles. The SMILES string of the molecule is Cc1cccc(NC(C)c2ccc(OC(C)C)cc2)c1C. The molecule has 112 valence electrons. The number of benzene rings is 2. The molecule has 0 fully saturated rings. The van der Waals surface area contributed by atoms with Gasteiger partial charge in [0.15, 0.2) is 0 Å². The smallest absolute Gasteiger partial charge is 0.119 e. The molecule has 2 nitrogen and oxygen atoms in total. The summed E-state index contributed by atoms with van der Waals surface area (Å²) < 4.78 is 5.68. The molecule has 1 N–H and O–H groups in total. The van der Waals surface area contributed by atoms with Gasteiger partial charge >= 0.3 is 0 Å². The Morgan fingerprint density at radius 2 is 1.57 bits per heavy atom. The maximum absolute atomic E-state index is 5.68. The Balaban J connectivity index is 2.09. The van der Waals surface area contributed by atoms with Crippen molar-refractivity contribution in [3.63, 3.8) is 0 Å². The zero-order chi connectivity index (χ0) is 15.4. The lowest BCUT2D eigenvalue weighted by atomic mass is 10.0. The zero-order valence-corrected chi connectivity index (χ0v) is 13.6. The first-order valence-corrected chi connectivity index (χ1v) is 7.56. The topological polar surface area (TPSA) is 21.3 Å². The second-order valence-corrected chi connectivity index (χ2v) is 5.85. The van der Waals surface area contributed by atoms with E-state index in [2.05, 4.69) is 56.4 Å². The molecule has 1 unspecified atom stereocenters. The first kappa shape index (κ1) is 15.4. The lowest BCUT2D eigenvalue weighted by molar-refractivity contribution is 0.242. The Kier molecular flexibility index (Phi) is 4.89. The van der Waals surface area contributed by atoms with Gasteiger partial charge < -0.3 is 10.1 Å². The molecule has 0 radical (unpaired) electrons. The van der Waals surface area contributed by atoms with Crippen LogP contribution < -0.4 is 10.1 Å². The fraction of sp³-hybridized carbons (Fsp3) is 0.368. The van der Waals surface area contributed by atoms with Crippen LogP contribution in [0, 0.1) is 13.8 Å². The number of nitrogens with one attached hydrogen (secondary N) is 1. The lowest BCUT2D eigenvalue weighted by Crippen LogP contribution is -2.09. The van der Waals surface area contributed by atoms with Gasteiger partial charge in [0.2, 0.25) is 0 Å². The van der Waals surface area contributed by atoms with Crippen LogP contribution in [0.2, 0.25) is 0 Å². The maximum atomic E-state index is 5.68.